The topological polar surface area (TPSA) is 9.23 Å². The van der Waals surface area contributed by atoms with Gasteiger partial charge in [0.25, 0.3) is 0 Å². The maximum absolute atomic E-state index is 13.6. The molecule has 100 valence electrons. The highest BCUT2D eigenvalue weighted by atomic mass is 79.9. The molecule has 0 saturated heterocycles. The Morgan fingerprint density at radius 2 is 1.89 bits per heavy atom. The van der Waals surface area contributed by atoms with E-state index in [9.17, 15) is 4.39 Å². The van der Waals surface area contributed by atoms with Crippen molar-refractivity contribution in [3.63, 3.8) is 0 Å². The van der Waals surface area contributed by atoms with Crippen molar-refractivity contribution in [3.05, 3.63) is 62.8 Å². The number of benzene rings is 2. The molecule has 0 bridgehead atoms. The van der Waals surface area contributed by atoms with Crippen LogP contribution in [0.4, 0.5) is 4.39 Å². The van der Waals surface area contributed by atoms with Gasteiger partial charge >= 0.3 is 0 Å². The van der Waals surface area contributed by atoms with Gasteiger partial charge < -0.3 is 4.74 Å². The minimum absolute atomic E-state index is 0.143. The average molecular weight is 364 g/mol. The lowest BCUT2D eigenvalue weighted by Gasteiger charge is -2.11. The van der Waals surface area contributed by atoms with Gasteiger partial charge in [0.2, 0.25) is 0 Å². The summed E-state index contributed by atoms with van der Waals surface area (Å²) in [6.07, 6.45) is 0. The maximum Gasteiger partial charge on any atom is 0.130 e. The quantitative estimate of drug-likeness (QED) is 0.646. The molecule has 2 rings (SSSR count). The van der Waals surface area contributed by atoms with Crippen molar-refractivity contribution in [2.75, 3.05) is 0 Å². The fourth-order valence-corrected chi connectivity index (χ4v) is 2.32. The third-order valence-corrected chi connectivity index (χ3v) is 3.58. The Morgan fingerprint density at radius 1 is 1.11 bits per heavy atom. The zero-order valence-corrected chi connectivity index (χ0v) is 12.9. The van der Waals surface area contributed by atoms with E-state index in [0.29, 0.717) is 26.7 Å². The summed E-state index contributed by atoms with van der Waals surface area (Å²) in [5.41, 5.74) is 1.27. The molecule has 0 aliphatic carbocycles. The maximum atomic E-state index is 13.6. The second-order valence-corrected chi connectivity index (χ2v) is 5.53. The van der Waals surface area contributed by atoms with Crippen molar-refractivity contribution in [2.24, 2.45) is 0 Å². The van der Waals surface area contributed by atoms with Gasteiger partial charge in [-0.05, 0) is 30.3 Å². The van der Waals surface area contributed by atoms with Crippen LogP contribution in [0.2, 0.25) is 5.02 Å². The van der Waals surface area contributed by atoms with Crippen LogP contribution in [-0.2, 0) is 12.5 Å². The van der Waals surface area contributed by atoms with Crippen LogP contribution < -0.4 is 4.74 Å². The SMILES string of the molecule is Fc1cc(Br)ccc1COc1ccc(Cl)cc1CCl. The number of halogens is 4. The van der Waals surface area contributed by atoms with Crippen LogP contribution >= 0.6 is 39.1 Å². The summed E-state index contributed by atoms with van der Waals surface area (Å²) in [7, 11) is 0. The zero-order valence-electron chi connectivity index (χ0n) is 9.80. The highest BCUT2D eigenvalue weighted by molar-refractivity contribution is 9.10. The lowest BCUT2D eigenvalue weighted by atomic mass is 10.2. The molecule has 2 aromatic carbocycles. The number of hydrogen-bond acceptors (Lipinski definition) is 1. The molecule has 0 saturated carbocycles. The first kappa shape index (κ1) is 14.6. The summed E-state index contributed by atoms with van der Waals surface area (Å²) >= 11 is 14.9. The van der Waals surface area contributed by atoms with Gasteiger partial charge in [0.15, 0.2) is 0 Å². The smallest absolute Gasteiger partial charge is 0.130 e. The van der Waals surface area contributed by atoms with Crippen LogP contribution in [0.5, 0.6) is 5.75 Å². The third kappa shape index (κ3) is 3.85. The van der Waals surface area contributed by atoms with Gasteiger partial charge in [-0.1, -0.05) is 33.6 Å². The molecule has 0 N–H and O–H groups in total. The minimum Gasteiger partial charge on any atom is -0.488 e. The number of ether oxygens (including phenoxy) is 1. The van der Waals surface area contributed by atoms with Crippen molar-refractivity contribution in [3.8, 4) is 5.75 Å². The van der Waals surface area contributed by atoms with Crippen LogP contribution in [0.3, 0.4) is 0 Å². The molecule has 0 unspecified atom stereocenters. The van der Waals surface area contributed by atoms with Crippen LogP contribution in [0, 0.1) is 5.82 Å². The van der Waals surface area contributed by atoms with Gasteiger partial charge in [0.1, 0.15) is 18.2 Å². The van der Waals surface area contributed by atoms with Crippen molar-refractivity contribution in [1.29, 1.82) is 0 Å². The van der Waals surface area contributed by atoms with Crippen LogP contribution in [-0.4, -0.2) is 0 Å². The monoisotopic (exact) mass is 362 g/mol. The molecule has 0 amide bonds. The van der Waals surface area contributed by atoms with E-state index >= 15 is 0 Å². The van der Waals surface area contributed by atoms with Crippen molar-refractivity contribution in [2.45, 2.75) is 12.5 Å². The molecule has 0 atom stereocenters. The van der Waals surface area contributed by atoms with Gasteiger partial charge in [-0.3, -0.25) is 0 Å². The van der Waals surface area contributed by atoms with Crippen LogP contribution in [0.25, 0.3) is 0 Å². The predicted molar refractivity (Wildman–Crippen MR) is 79.4 cm³/mol. The van der Waals surface area contributed by atoms with E-state index < -0.39 is 0 Å². The van der Waals surface area contributed by atoms with E-state index in [2.05, 4.69) is 15.9 Å². The Bertz CT molecular complexity index is 590. The van der Waals surface area contributed by atoms with Crippen LogP contribution in [0.15, 0.2) is 40.9 Å². The lowest BCUT2D eigenvalue weighted by molar-refractivity contribution is 0.297. The molecule has 0 radical (unpaired) electrons. The normalized spacial score (nSPS) is 10.5. The predicted octanol–water partition coefficient (Wildman–Crippen LogP) is 5.56. The Balaban J connectivity index is 2.14. The average Bonchev–Trinajstić information content (AvgIpc) is 2.39. The number of rotatable bonds is 4. The first-order valence-electron chi connectivity index (χ1n) is 5.51. The highest BCUT2D eigenvalue weighted by Crippen LogP contribution is 2.26. The number of alkyl halides is 1. The fourth-order valence-electron chi connectivity index (χ4n) is 1.59. The van der Waals surface area contributed by atoms with Crippen molar-refractivity contribution in [1.82, 2.24) is 0 Å². The summed E-state index contributed by atoms with van der Waals surface area (Å²) in [5.74, 6) is 0.594. The largest absolute Gasteiger partial charge is 0.488 e. The van der Waals surface area contributed by atoms with Gasteiger partial charge in [0.05, 0.1) is 5.88 Å². The van der Waals surface area contributed by atoms with E-state index in [1.165, 1.54) is 6.07 Å². The first-order valence-corrected chi connectivity index (χ1v) is 7.22. The highest BCUT2D eigenvalue weighted by Gasteiger charge is 2.07. The number of hydrogen-bond donors (Lipinski definition) is 0. The Morgan fingerprint density at radius 3 is 2.58 bits per heavy atom. The molecule has 0 heterocycles. The second kappa shape index (κ2) is 6.60. The van der Waals surface area contributed by atoms with Gasteiger partial charge in [-0.15, -0.1) is 11.6 Å². The van der Waals surface area contributed by atoms with Crippen molar-refractivity contribution >= 4 is 39.1 Å². The molecular weight excluding hydrogens is 354 g/mol. The summed E-state index contributed by atoms with van der Waals surface area (Å²) in [6.45, 7) is 0.143. The Kier molecular flexibility index (Phi) is 5.08. The van der Waals surface area contributed by atoms with Gasteiger partial charge in [-0.25, -0.2) is 4.39 Å². The third-order valence-electron chi connectivity index (χ3n) is 2.56. The second-order valence-electron chi connectivity index (χ2n) is 3.91. The van der Waals surface area contributed by atoms with Crippen molar-refractivity contribution < 1.29 is 9.13 Å². The molecule has 2 aromatic rings. The van der Waals surface area contributed by atoms with Gasteiger partial charge in [0, 0.05) is 20.6 Å². The van der Waals surface area contributed by atoms with Crippen LogP contribution in [0.1, 0.15) is 11.1 Å². The van der Waals surface area contributed by atoms with E-state index in [1.54, 1.807) is 30.3 Å². The van der Waals surface area contributed by atoms with E-state index in [-0.39, 0.29) is 12.4 Å². The zero-order chi connectivity index (χ0) is 13.8. The summed E-state index contributed by atoms with van der Waals surface area (Å²) in [6, 6.07) is 10.0. The first-order chi connectivity index (χ1) is 9.10. The van der Waals surface area contributed by atoms with Gasteiger partial charge in [-0.2, -0.15) is 0 Å². The fraction of sp³-hybridized carbons (Fsp3) is 0.143. The Labute approximate surface area is 129 Å². The van der Waals surface area contributed by atoms with E-state index in [4.69, 9.17) is 27.9 Å². The molecular formula is C14H10BrCl2FO. The molecule has 1 nitrogen and oxygen atoms in total. The van der Waals surface area contributed by atoms with E-state index in [0.717, 1.165) is 5.56 Å². The molecule has 0 fully saturated rings. The summed E-state index contributed by atoms with van der Waals surface area (Å²) in [4.78, 5) is 0. The molecule has 0 aliphatic heterocycles. The standard InChI is InChI=1S/C14H10BrCl2FO/c15-11-2-1-9(13(18)6-11)8-19-14-4-3-12(17)5-10(14)7-16/h1-6H,7-8H2. The molecule has 0 spiro atoms. The summed E-state index contributed by atoms with van der Waals surface area (Å²) < 4.78 is 19.9. The summed E-state index contributed by atoms with van der Waals surface area (Å²) in [5, 5.41) is 0.595. The minimum atomic E-state index is -0.309. The lowest BCUT2D eigenvalue weighted by Crippen LogP contribution is -2.00. The molecule has 5 heteroatoms. The Hall–Kier alpha value is -0.770. The molecule has 0 aromatic heterocycles. The molecule has 0 aliphatic rings. The van der Waals surface area contributed by atoms with E-state index in [1.807, 2.05) is 0 Å². The molecule has 19 heavy (non-hydrogen) atoms.